The fourth-order valence-electron chi connectivity index (χ4n) is 2.87. The van der Waals surface area contributed by atoms with Crippen molar-refractivity contribution in [1.29, 1.82) is 0 Å². The van der Waals surface area contributed by atoms with Gasteiger partial charge in [0.1, 0.15) is 11.6 Å². The van der Waals surface area contributed by atoms with Gasteiger partial charge in [-0.15, -0.1) is 0 Å². The Bertz CT molecular complexity index is 1120. The zero-order chi connectivity index (χ0) is 20.2. The molecular formula is C21H21N7O. The summed E-state index contributed by atoms with van der Waals surface area (Å²) in [7, 11) is 3.59. The summed E-state index contributed by atoms with van der Waals surface area (Å²) in [4.78, 5) is 13.2. The number of imidazole rings is 1. The van der Waals surface area contributed by atoms with Crippen molar-refractivity contribution in [2.24, 2.45) is 7.05 Å². The number of hydrogen-bond acceptors (Lipinski definition) is 7. The van der Waals surface area contributed by atoms with Crippen molar-refractivity contribution < 1.29 is 4.74 Å². The van der Waals surface area contributed by atoms with Gasteiger partial charge in [-0.05, 0) is 36.4 Å². The van der Waals surface area contributed by atoms with E-state index in [0.717, 1.165) is 28.5 Å². The van der Waals surface area contributed by atoms with Crippen LogP contribution in [0.2, 0.25) is 0 Å². The summed E-state index contributed by atoms with van der Waals surface area (Å²) in [6.45, 7) is 0. The molecular weight excluding hydrogens is 366 g/mol. The predicted molar refractivity (Wildman–Crippen MR) is 115 cm³/mol. The molecule has 0 aliphatic rings. The highest BCUT2D eigenvalue weighted by molar-refractivity contribution is 5.71. The average molecular weight is 387 g/mol. The number of nitrogens with two attached hydrogens (primary N) is 1. The summed E-state index contributed by atoms with van der Waals surface area (Å²) in [5.74, 6) is 2.62. The molecule has 0 saturated carbocycles. The van der Waals surface area contributed by atoms with Crippen LogP contribution >= 0.6 is 0 Å². The molecule has 0 atom stereocenters. The zero-order valence-electron chi connectivity index (χ0n) is 16.1. The Morgan fingerprint density at radius 3 is 2.55 bits per heavy atom. The van der Waals surface area contributed by atoms with Gasteiger partial charge in [0.2, 0.25) is 5.95 Å². The number of rotatable bonds is 6. The quantitative estimate of drug-likeness (QED) is 0.460. The first-order valence-corrected chi connectivity index (χ1v) is 9.01. The van der Waals surface area contributed by atoms with Crippen molar-refractivity contribution in [3.8, 4) is 17.1 Å². The number of nitrogen functional groups attached to an aromatic ring is 1. The minimum Gasteiger partial charge on any atom is -0.497 e. The van der Waals surface area contributed by atoms with E-state index in [2.05, 4.69) is 25.6 Å². The number of aryl methyl sites for hydroxylation is 1. The van der Waals surface area contributed by atoms with Crippen LogP contribution in [0.4, 0.5) is 28.8 Å². The number of nitrogens with one attached hydrogen (secondary N) is 2. The van der Waals surface area contributed by atoms with E-state index in [9.17, 15) is 0 Å². The third kappa shape index (κ3) is 4.11. The topological polar surface area (TPSA) is 103 Å². The maximum absolute atomic E-state index is 6.04. The van der Waals surface area contributed by atoms with E-state index in [1.165, 1.54) is 0 Å². The summed E-state index contributed by atoms with van der Waals surface area (Å²) in [6, 6.07) is 15.4. The molecule has 29 heavy (non-hydrogen) atoms. The Morgan fingerprint density at radius 2 is 1.83 bits per heavy atom. The molecule has 2 aromatic heterocycles. The lowest BCUT2D eigenvalue weighted by molar-refractivity contribution is 0.415. The fourth-order valence-corrected chi connectivity index (χ4v) is 2.87. The average Bonchev–Trinajstić information content (AvgIpc) is 3.17. The van der Waals surface area contributed by atoms with E-state index in [0.29, 0.717) is 17.5 Å². The Kier molecular flexibility index (Phi) is 4.98. The Balaban J connectivity index is 1.55. The van der Waals surface area contributed by atoms with Crippen molar-refractivity contribution >= 4 is 28.8 Å². The van der Waals surface area contributed by atoms with Gasteiger partial charge in [-0.3, -0.25) is 0 Å². The summed E-state index contributed by atoms with van der Waals surface area (Å²) in [6.07, 6.45) is 5.26. The van der Waals surface area contributed by atoms with E-state index in [4.69, 9.17) is 10.5 Å². The second-order valence-electron chi connectivity index (χ2n) is 6.42. The van der Waals surface area contributed by atoms with Gasteiger partial charge in [0.15, 0.2) is 5.82 Å². The molecule has 0 fully saturated rings. The van der Waals surface area contributed by atoms with E-state index < -0.39 is 0 Å². The standard InChI is InChI=1S/C21H21N7O/c1-28-11-10-23-20(28)14-4-3-5-16(12-14)26-21-24-13-18(22)19(27-21)25-15-6-8-17(29-2)9-7-15/h3-13H,22H2,1-2H3,(H2,24,25,26,27). The van der Waals surface area contributed by atoms with Crippen LogP contribution in [0, 0.1) is 0 Å². The lowest BCUT2D eigenvalue weighted by atomic mass is 10.2. The van der Waals surface area contributed by atoms with Gasteiger partial charge in [-0.25, -0.2) is 9.97 Å². The number of methoxy groups -OCH3 is 1. The molecule has 0 aliphatic heterocycles. The molecule has 4 aromatic rings. The maximum Gasteiger partial charge on any atom is 0.229 e. The van der Waals surface area contributed by atoms with Crippen LogP contribution in [-0.4, -0.2) is 26.6 Å². The molecule has 0 aliphatic carbocycles. The van der Waals surface area contributed by atoms with Gasteiger partial charge < -0.3 is 25.7 Å². The van der Waals surface area contributed by atoms with Crippen molar-refractivity contribution in [3.05, 3.63) is 67.1 Å². The molecule has 0 bridgehead atoms. The van der Waals surface area contributed by atoms with E-state index >= 15 is 0 Å². The largest absolute Gasteiger partial charge is 0.497 e. The van der Waals surface area contributed by atoms with Gasteiger partial charge in [0.05, 0.1) is 19.0 Å². The Morgan fingerprint density at radius 1 is 1.00 bits per heavy atom. The number of ether oxygens (including phenoxy) is 1. The van der Waals surface area contributed by atoms with Gasteiger partial charge >= 0.3 is 0 Å². The predicted octanol–water partition coefficient (Wildman–Crippen LogP) is 3.96. The van der Waals surface area contributed by atoms with Gasteiger partial charge in [-0.2, -0.15) is 4.98 Å². The summed E-state index contributed by atoms with van der Waals surface area (Å²) in [5, 5.41) is 6.43. The molecule has 2 aromatic carbocycles. The fraction of sp³-hybridized carbons (Fsp3) is 0.0952. The van der Waals surface area contributed by atoms with Crippen molar-refractivity contribution in [3.63, 3.8) is 0 Å². The molecule has 8 nitrogen and oxygen atoms in total. The first kappa shape index (κ1) is 18.3. The van der Waals surface area contributed by atoms with Crippen LogP contribution in [-0.2, 0) is 7.05 Å². The third-order valence-electron chi connectivity index (χ3n) is 4.37. The van der Waals surface area contributed by atoms with Crippen LogP contribution in [0.3, 0.4) is 0 Å². The summed E-state index contributed by atoms with van der Waals surface area (Å²) in [5.41, 5.74) is 9.19. The highest BCUT2D eigenvalue weighted by atomic mass is 16.5. The van der Waals surface area contributed by atoms with Crippen molar-refractivity contribution in [1.82, 2.24) is 19.5 Å². The Hall–Kier alpha value is -4.07. The number of anilines is 5. The van der Waals surface area contributed by atoms with Gasteiger partial charge in [0.25, 0.3) is 0 Å². The molecule has 0 radical (unpaired) electrons. The highest BCUT2D eigenvalue weighted by Gasteiger charge is 2.08. The van der Waals surface area contributed by atoms with Crippen LogP contribution in [0.15, 0.2) is 67.1 Å². The van der Waals surface area contributed by atoms with E-state index in [1.54, 1.807) is 19.5 Å². The Labute approximate surface area is 168 Å². The van der Waals surface area contributed by atoms with Crippen molar-refractivity contribution in [2.45, 2.75) is 0 Å². The second kappa shape index (κ2) is 7.89. The SMILES string of the molecule is COc1ccc(Nc2nc(Nc3cccc(-c4nccn4C)c3)ncc2N)cc1. The molecule has 0 spiro atoms. The minimum absolute atomic E-state index is 0.437. The molecule has 4 N–H and O–H groups in total. The van der Waals surface area contributed by atoms with Gasteiger partial charge in [0, 0.05) is 36.4 Å². The molecule has 0 saturated heterocycles. The van der Waals surface area contributed by atoms with Gasteiger partial charge in [-0.1, -0.05) is 12.1 Å². The monoisotopic (exact) mass is 387 g/mol. The molecule has 2 heterocycles. The third-order valence-corrected chi connectivity index (χ3v) is 4.37. The number of nitrogens with zero attached hydrogens (tertiary/aromatic N) is 4. The number of benzene rings is 2. The highest BCUT2D eigenvalue weighted by Crippen LogP contribution is 2.26. The first-order valence-electron chi connectivity index (χ1n) is 9.01. The van der Waals surface area contributed by atoms with Crippen LogP contribution in [0.5, 0.6) is 5.75 Å². The maximum atomic E-state index is 6.04. The number of hydrogen-bond donors (Lipinski definition) is 3. The molecule has 0 amide bonds. The normalized spacial score (nSPS) is 10.6. The first-order chi connectivity index (χ1) is 14.1. The number of aromatic nitrogens is 4. The minimum atomic E-state index is 0.437. The molecule has 4 rings (SSSR count). The molecule has 146 valence electrons. The summed E-state index contributed by atoms with van der Waals surface area (Å²) >= 11 is 0. The van der Waals surface area contributed by atoms with E-state index in [1.807, 2.05) is 66.3 Å². The van der Waals surface area contributed by atoms with Crippen molar-refractivity contribution in [2.75, 3.05) is 23.5 Å². The molecule has 8 heteroatoms. The zero-order valence-corrected chi connectivity index (χ0v) is 16.1. The molecule has 0 unspecified atom stereocenters. The van der Waals surface area contributed by atoms with Crippen LogP contribution < -0.4 is 21.1 Å². The van der Waals surface area contributed by atoms with Crippen LogP contribution in [0.25, 0.3) is 11.4 Å². The lowest BCUT2D eigenvalue weighted by Crippen LogP contribution is -2.04. The van der Waals surface area contributed by atoms with Crippen LogP contribution in [0.1, 0.15) is 0 Å². The smallest absolute Gasteiger partial charge is 0.229 e. The second-order valence-corrected chi connectivity index (χ2v) is 6.42. The summed E-state index contributed by atoms with van der Waals surface area (Å²) < 4.78 is 7.15. The van der Waals surface area contributed by atoms with E-state index in [-0.39, 0.29) is 0 Å². The lowest BCUT2D eigenvalue weighted by Gasteiger charge is -2.12.